The zero-order valence-corrected chi connectivity index (χ0v) is 16.0. The van der Waals surface area contributed by atoms with Crippen LogP contribution in [0.3, 0.4) is 0 Å². The van der Waals surface area contributed by atoms with E-state index in [1.165, 1.54) is 0 Å². The number of hydrogen-bond acceptors (Lipinski definition) is 4. The highest BCUT2D eigenvalue weighted by molar-refractivity contribution is 5.78. The number of carbonyl (C=O) groups excluding carboxylic acids is 2. The van der Waals surface area contributed by atoms with Crippen molar-refractivity contribution in [3.05, 3.63) is 65.7 Å². The molecule has 0 bridgehead atoms. The first-order valence-electron chi connectivity index (χ1n) is 9.25. The predicted molar refractivity (Wildman–Crippen MR) is 105 cm³/mol. The van der Waals surface area contributed by atoms with Gasteiger partial charge in [-0.25, -0.2) is 0 Å². The number of aryl methyl sites for hydroxylation is 1. The Morgan fingerprint density at radius 3 is 2.33 bits per heavy atom. The molecule has 0 aliphatic heterocycles. The topological polar surface area (TPSA) is 55.8 Å². The van der Waals surface area contributed by atoms with E-state index in [4.69, 9.17) is 9.47 Å². The van der Waals surface area contributed by atoms with E-state index >= 15 is 0 Å². The summed E-state index contributed by atoms with van der Waals surface area (Å²) in [6, 6.07) is 17.5. The largest absolute Gasteiger partial charge is 0.484 e. The summed E-state index contributed by atoms with van der Waals surface area (Å²) in [5.41, 5.74) is 2.28. The molecule has 27 heavy (non-hydrogen) atoms. The Bertz CT molecular complexity index is 713. The van der Waals surface area contributed by atoms with Crippen molar-refractivity contribution in [1.29, 1.82) is 0 Å². The van der Waals surface area contributed by atoms with Crippen LogP contribution < -0.4 is 4.74 Å². The highest BCUT2D eigenvalue weighted by atomic mass is 16.5. The van der Waals surface area contributed by atoms with E-state index in [0.29, 0.717) is 25.4 Å². The first-order valence-corrected chi connectivity index (χ1v) is 9.25. The second kappa shape index (κ2) is 11.0. The van der Waals surface area contributed by atoms with E-state index in [-0.39, 0.29) is 24.9 Å². The fraction of sp³-hybridized carbons (Fsp3) is 0.364. The number of hydrogen-bond donors (Lipinski definition) is 0. The number of nitrogens with zero attached hydrogens (tertiary/aromatic N) is 1. The third-order valence-electron chi connectivity index (χ3n) is 4.14. The summed E-state index contributed by atoms with van der Waals surface area (Å²) < 4.78 is 10.6. The van der Waals surface area contributed by atoms with Crippen LogP contribution in [0.2, 0.25) is 0 Å². The van der Waals surface area contributed by atoms with Crippen LogP contribution in [-0.2, 0) is 20.7 Å². The molecule has 2 aromatic carbocycles. The van der Waals surface area contributed by atoms with Gasteiger partial charge in [-0.15, -0.1) is 0 Å². The molecule has 144 valence electrons. The minimum absolute atomic E-state index is 0.0549. The van der Waals surface area contributed by atoms with E-state index in [0.717, 1.165) is 17.5 Å². The molecule has 5 nitrogen and oxygen atoms in total. The van der Waals surface area contributed by atoms with Gasteiger partial charge in [0.1, 0.15) is 5.75 Å². The molecule has 0 heterocycles. The second-order valence-electron chi connectivity index (χ2n) is 6.27. The first kappa shape index (κ1) is 20.5. The van der Waals surface area contributed by atoms with Crippen LogP contribution >= 0.6 is 0 Å². The van der Waals surface area contributed by atoms with E-state index in [1.54, 1.807) is 11.8 Å². The maximum atomic E-state index is 12.6. The smallest absolute Gasteiger partial charge is 0.307 e. The molecule has 0 saturated heterocycles. The fourth-order valence-electron chi connectivity index (χ4n) is 2.60. The molecule has 0 aliphatic rings. The molecular weight excluding hydrogens is 342 g/mol. The average Bonchev–Trinajstić information content (AvgIpc) is 2.68. The van der Waals surface area contributed by atoms with E-state index in [9.17, 15) is 9.59 Å². The van der Waals surface area contributed by atoms with E-state index in [2.05, 4.69) is 0 Å². The molecule has 0 atom stereocenters. The minimum Gasteiger partial charge on any atom is -0.484 e. The van der Waals surface area contributed by atoms with Crippen LogP contribution in [0.15, 0.2) is 54.6 Å². The lowest BCUT2D eigenvalue weighted by Gasteiger charge is -2.22. The van der Waals surface area contributed by atoms with Gasteiger partial charge in [-0.3, -0.25) is 9.59 Å². The summed E-state index contributed by atoms with van der Waals surface area (Å²) in [6.45, 7) is 4.90. The molecule has 0 saturated carbocycles. The number of carbonyl (C=O) groups is 2. The third kappa shape index (κ3) is 7.52. The zero-order valence-electron chi connectivity index (χ0n) is 16.0. The summed E-state index contributed by atoms with van der Waals surface area (Å²) in [4.78, 5) is 26.0. The highest BCUT2D eigenvalue weighted by Gasteiger charge is 2.16. The SMILES string of the molecule is CCOC(=O)CCN(CCc1ccccc1)C(=O)COc1ccc(C)cc1. The van der Waals surface area contributed by atoms with Gasteiger partial charge in [0.25, 0.3) is 5.91 Å². The van der Waals surface area contributed by atoms with E-state index < -0.39 is 0 Å². The van der Waals surface area contributed by atoms with Crippen LogP contribution in [0.4, 0.5) is 0 Å². The van der Waals surface area contributed by atoms with Crippen molar-refractivity contribution in [2.45, 2.75) is 26.7 Å². The van der Waals surface area contributed by atoms with E-state index in [1.807, 2.05) is 61.5 Å². The molecule has 1 amide bonds. The van der Waals surface area contributed by atoms with Gasteiger partial charge < -0.3 is 14.4 Å². The monoisotopic (exact) mass is 369 g/mol. The van der Waals surface area contributed by atoms with Gasteiger partial charge in [-0.1, -0.05) is 48.0 Å². The Hall–Kier alpha value is -2.82. The molecule has 5 heteroatoms. The molecule has 0 unspecified atom stereocenters. The van der Waals surface area contributed by atoms with Crippen LogP contribution in [0.1, 0.15) is 24.5 Å². The molecule has 0 radical (unpaired) electrons. The lowest BCUT2D eigenvalue weighted by atomic mass is 10.1. The van der Waals surface area contributed by atoms with Gasteiger partial charge in [0.05, 0.1) is 13.0 Å². The molecule has 2 rings (SSSR count). The highest BCUT2D eigenvalue weighted by Crippen LogP contribution is 2.12. The minimum atomic E-state index is -0.297. The summed E-state index contributed by atoms with van der Waals surface area (Å²) in [5, 5.41) is 0. The van der Waals surface area contributed by atoms with Gasteiger partial charge in [-0.2, -0.15) is 0 Å². The predicted octanol–water partition coefficient (Wildman–Crippen LogP) is 3.40. The number of esters is 1. The second-order valence-corrected chi connectivity index (χ2v) is 6.27. The average molecular weight is 369 g/mol. The van der Waals surface area contributed by atoms with Gasteiger partial charge in [-0.05, 0) is 38.0 Å². The third-order valence-corrected chi connectivity index (χ3v) is 4.14. The van der Waals surface area contributed by atoms with Gasteiger partial charge in [0.2, 0.25) is 0 Å². The summed E-state index contributed by atoms with van der Waals surface area (Å²) in [6.07, 6.45) is 0.902. The maximum Gasteiger partial charge on any atom is 0.307 e. The van der Waals surface area contributed by atoms with Crippen LogP contribution in [0, 0.1) is 6.92 Å². The molecule has 2 aromatic rings. The maximum absolute atomic E-state index is 12.6. The Balaban J connectivity index is 1.92. The standard InChI is InChI=1S/C22H27NO4/c1-3-26-22(25)14-16-23(15-13-19-7-5-4-6-8-19)21(24)17-27-20-11-9-18(2)10-12-20/h4-12H,3,13-17H2,1-2H3. The molecule has 0 aliphatic carbocycles. The van der Waals surface area contributed by atoms with Crippen molar-refractivity contribution in [2.24, 2.45) is 0 Å². The number of benzene rings is 2. The number of amides is 1. The summed E-state index contributed by atoms with van der Waals surface area (Å²) >= 11 is 0. The number of ether oxygens (including phenoxy) is 2. The molecule has 0 spiro atoms. The van der Waals surface area contributed by atoms with Crippen molar-refractivity contribution in [1.82, 2.24) is 4.90 Å². The lowest BCUT2D eigenvalue weighted by molar-refractivity contribution is -0.144. The quantitative estimate of drug-likeness (QED) is 0.603. The van der Waals surface area contributed by atoms with Gasteiger partial charge in [0.15, 0.2) is 6.61 Å². The van der Waals surface area contributed by atoms with Crippen LogP contribution in [0.25, 0.3) is 0 Å². The Labute approximate surface area is 160 Å². The van der Waals surface area contributed by atoms with Crippen molar-refractivity contribution in [3.63, 3.8) is 0 Å². The van der Waals surface area contributed by atoms with Crippen molar-refractivity contribution >= 4 is 11.9 Å². The van der Waals surface area contributed by atoms with Gasteiger partial charge >= 0.3 is 5.97 Å². The number of rotatable bonds is 10. The summed E-state index contributed by atoms with van der Waals surface area (Å²) in [7, 11) is 0. The van der Waals surface area contributed by atoms with Crippen molar-refractivity contribution in [2.75, 3.05) is 26.3 Å². The first-order chi connectivity index (χ1) is 13.1. The van der Waals surface area contributed by atoms with Crippen LogP contribution in [0.5, 0.6) is 5.75 Å². The Kier molecular flexibility index (Phi) is 8.36. The van der Waals surface area contributed by atoms with Gasteiger partial charge in [0, 0.05) is 13.1 Å². The lowest BCUT2D eigenvalue weighted by Crippen LogP contribution is -2.38. The molecule has 0 fully saturated rings. The molecule has 0 aromatic heterocycles. The molecular formula is C22H27NO4. The fourth-order valence-corrected chi connectivity index (χ4v) is 2.60. The Morgan fingerprint density at radius 1 is 0.963 bits per heavy atom. The zero-order chi connectivity index (χ0) is 19.5. The Morgan fingerprint density at radius 2 is 1.67 bits per heavy atom. The van der Waals surface area contributed by atoms with Crippen molar-refractivity contribution < 1.29 is 19.1 Å². The van der Waals surface area contributed by atoms with Crippen molar-refractivity contribution in [3.8, 4) is 5.75 Å². The summed E-state index contributed by atoms with van der Waals surface area (Å²) in [5.74, 6) is 0.215. The molecule has 0 N–H and O–H groups in total. The van der Waals surface area contributed by atoms with Crippen LogP contribution in [-0.4, -0.2) is 43.1 Å². The normalized spacial score (nSPS) is 10.3.